The Kier molecular flexibility index (Phi) is 9.64. The van der Waals surface area contributed by atoms with Crippen LogP contribution in [0.25, 0.3) is 11.1 Å². The lowest BCUT2D eigenvalue weighted by Gasteiger charge is -2.35. The van der Waals surface area contributed by atoms with E-state index in [4.69, 9.17) is 4.74 Å². The summed E-state index contributed by atoms with van der Waals surface area (Å²) in [6.07, 6.45) is -5.30. The van der Waals surface area contributed by atoms with Gasteiger partial charge in [-0.3, -0.25) is 9.80 Å². The van der Waals surface area contributed by atoms with Crippen LogP contribution in [0.1, 0.15) is 18.1 Å². The van der Waals surface area contributed by atoms with Gasteiger partial charge in [-0.1, -0.05) is 24.3 Å². The predicted octanol–water partition coefficient (Wildman–Crippen LogP) is 6.20. The Bertz CT molecular complexity index is 1450. The van der Waals surface area contributed by atoms with E-state index in [1.54, 1.807) is 54.3 Å². The second kappa shape index (κ2) is 13.4. The molecular formula is C30H29F4N5O3. The van der Waals surface area contributed by atoms with E-state index in [0.29, 0.717) is 56.1 Å². The number of alkyl halides is 3. The first-order valence-corrected chi connectivity index (χ1v) is 13.3. The molecule has 0 saturated carbocycles. The van der Waals surface area contributed by atoms with Gasteiger partial charge in [0.15, 0.2) is 0 Å². The molecule has 0 unspecified atom stereocenters. The number of rotatable bonds is 7. The molecule has 1 aliphatic heterocycles. The maximum atomic E-state index is 13.8. The number of hydrogen-bond acceptors (Lipinski definition) is 5. The van der Waals surface area contributed by atoms with Crippen molar-refractivity contribution < 1.29 is 31.9 Å². The number of amides is 3. The van der Waals surface area contributed by atoms with E-state index in [2.05, 4.69) is 16.3 Å². The molecule has 1 saturated heterocycles. The molecule has 42 heavy (non-hydrogen) atoms. The van der Waals surface area contributed by atoms with E-state index < -0.39 is 23.6 Å². The highest BCUT2D eigenvalue weighted by atomic mass is 19.4. The molecule has 3 amide bonds. The molecule has 0 spiro atoms. The molecule has 0 aliphatic carbocycles. The minimum absolute atomic E-state index is 0.182. The molecule has 12 heteroatoms. The van der Waals surface area contributed by atoms with Crippen molar-refractivity contribution in [1.82, 2.24) is 9.80 Å². The number of nitrogens with zero attached hydrogens (tertiary/aromatic N) is 4. The van der Waals surface area contributed by atoms with E-state index >= 15 is 0 Å². The van der Waals surface area contributed by atoms with E-state index in [1.807, 2.05) is 6.07 Å². The number of halogens is 4. The maximum Gasteiger partial charge on any atom is 0.419 e. The lowest BCUT2D eigenvalue weighted by molar-refractivity contribution is -0.139. The number of urea groups is 1. The Morgan fingerprint density at radius 2 is 1.71 bits per heavy atom. The third-order valence-electron chi connectivity index (χ3n) is 6.81. The van der Waals surface area contributed by atoms with Gasteiger partial charge in [0.1, 0.15) is 5.82 Å². The standard InChI is InChI=1S/C30H29F4N5O3/c1-2-42-29(41)38-15-12-37(13-16-38)14-17-39(28(40)36-24-8-11-27(31)26(19-24)30(32,33)34)25-9-6-22(7-10-25)23-5-3-4-21(18-23)20-35/h3-11,18-19H,2,12-17H2,1H3,(H,36,40). The molecule has 1 fully saturated rings. The first-order chi connectivity index (χ1) is 20.1. The summed E-state index contributed by atoms with van der Waals surface area (Å²) in [4.78, 5) is 30.5. The van der Waals surface area contributed by atoms with E-state index in [1.165, 1.54) is 4.90 Å². The lowest BCUT2D eigenvalue weighted by Crippen LogP contribution is -2.51. The molecule has 8 nitrogen and oxygen atoms in total. The smallest absolute Gasteiger partial charge is 0.419 e. The Morgan fingerprint density at radius 1 is 1.00 bits per heavy atom. The number of anilines is 2. The van der Waals surface area contributed by atoms with Crippen LogP contribution in [0.4, 0.5) is 38.5 Å². The van der Waals surface area contributed by atoms with Gasteiger partial charge in [-0.15, -0.1) is 0 Å². The fraction of sp³-hybridized carbons (Fsp3) is 0.300. The van der Waals surface area contributed by atoms with Crippen LogP contribution in [0.5, 0.6) is 0 Å². The molecule has 1 N–H and O–H groups in total. The number of nitriles is 1. The lowest BCUT2D eigenvalue weighted by atomic mass is 10.0. The summed E-state index contributed by atoms with van der Waals surface area (Å²) in [5.74, 6) is -1.43. The Morgan fingerprint density at radius 3 is 2.36 bits per heavy atom. The zero-order valence-electron chi connectivity index (χ0n) is 22.8. The SMILES string of the molecule is CCOC(=O)N1CCN(CCN(C(=O)Nc2ccc(F)c(C(F)(F)F)c2)c2ccc(-c3cccc(C#N)c3)cc2)CC1. The molecule has 3 aromatic rings. The molecule has 0 radical (unpaired) electrons. The largest absolute Gasteiger partial charge is 0.450 e. The van der Waals surface area contributed by atoms with Gasteiger partial charge < -0.3 is 15.0 Å². The zero-order chi connectivity index (χ0) is 30.3. The summed E-state index contributed by atoms with van der Waals surface area (Å²) in [6.45, 7) is 4.64. The third kappa shape index (κ3) is 7.55. The minimum atomic E-state index is -4.92. The Balaban J connectivity index is 1.53. The summed E-state index contributed by atoms with van der Waals surface area (Å²) in [6, 6.07) is 17.7. The Labute approximate surface area is 240 Å². The fourth-order valence-corrected chi connectivity index (χ4v) is 4.57. The van der Waals surface area contributed by atoms with E-state index in [-0.39, 0.29) is 24.9 Å². The molecule has 220 valence electrons. The monoisotopic (exact) mass is 583 g/mol. The number of carbonyl (C=O) groups is 2. The number of benzene rings is 3. The first kappa shape index (κ1) is 30.3. The number of hydrogen-bond donors (Lipinski definition) is 1. The average Bonchev–Trinajstić information content (AvgIpc) is 2.98. The van der Waals surface area contributed by atoms with Crippen molar-refractivity contribution in [2.75, 3.05) is 56.1 Å². The Hall–Kier alpha value is -4.63. The summed E-state index contributed by atoms with van der Waals surface area (Å²) < 4.78 is 58.6. The summed E-state index contributed by atoms with van der Waals surface area (Å²) >= 11 is 0. The van der Waals surface area contributed by atoms with Crippen LogP contribution in [-0.4, -0.2) is 67.8 Å². The van der Waals surface area contributed by atoms with Gasteiger partial charge in [-0.05, 0) is 60.5 Å². The van der Waals surface area contributed by atoms with Gasteiger partial charge in [0.2, 0.25) is 0 Å². The molecule has 4 rings (SSSR count). The average molecular weight is 584 g/mol. The fourth-order valence-electron chi connectivity index (χ4n) is 4.57. The van der Waals surface area contributed by atoms with Crippen molar-refractivity contribution in [2.45, 2.75) is 13.1 Å². The summed E-state index contributed by atoms with van der Waals surface area (Å²) in [7, 11) is 0. The predicted molar refractivity (Wildman–Crippen MR) is 149 cm³/mol. The topological polar surface area (TPSA) is 88.9 Å². The third-order valence-corrected chi connectivity index (χ3v) is 6.81. The van der Waals surface area contributed by atoms with Crippen LogP contribution < -0.4 is 10.2 Å². The van der Waals surface area contributed by atoms with Crippen molar-refractivity contribution in [3.63, 3.8) is 0 Å². The molecule has 3 aromatic carbocycles. The summed E-state index contributed by atoms with van der Waals surface area (Å²) in [5.41, 5.74) is 0.915. The van der Waals surface area contributed by atoms with Crippen molar-refractivity contribution in [3.05, 3.63) is 83.7 Å². The molecule has 1 heterocycles. The van der Waals surface area contributed by atoms with Gasteiger partial charge in [0.25, 0.3) is 0 Å². The highest BCUT2D eigenvalue weighted by Crippen LogP contribution is 2.33. The van der Waals surface area contributed by atoms with Gasteiger partial charge in [0, 0.05) is 50.6 Å². The molecule has 0 atom stereocenters. The van der Waals surface area contributed by atoms with Crippen molar-refractivity contribution in [1.29, 1.82) is 5.26 Å². The molecular weight excluding hydrogens is 554 g/mol. The second-order valence-electron chi connectivity index (χ2n) is 9.54. The highest BCUT2D eigenvalue weighted by Gasteiger charge is 2.34. The maximum absolute atomic E-state index is 13.8. The van der Waals surface area contributed by atoms with Crippen molar-refractivity contribution in [2.24, 2.45) is 0 Å². The number of ether oxygens (including phenoxy) is 1. The van der Waals surface area contributed by atoms with Crippen LogP contribution in [0.2, 0.25) is 0 Å². The normalized spacial score (nSPS) is 13.8. The van der Waals surface area contributed by atoms with Gasteiger partial charge in [-0.25, -0.2) is 14.0 Å². The van der Waals surface area contributed by atoms with Crippen LogP contribution in [0, 0.1) is 17.1 Å². The quantitative estimate of drug-likeness (QED) is 0.335. The van der Waals surface area contributed by atoms with Gasteiger partial charge in [0.05, 0.1) is 23.8 Å². The van der Waals surface area contributed by atoms with Crippen LogP contribution in [-0.2, 0) is 10.9 Å². The zero-order valence-corrected chi connectivity index (χ0v) is 22.8. The van der Waals surface area contributed by atoms with Gasteiger partial charge >= 0.3 is 18.3 Å². The molecule has 0 aromatic heterocycles. The van der Waals surface area contributed by atoms with Gasteiger partial charge in [-0.2, -0.15) is 18.4 Å². The number of piperazine rings is 1. The van der Waals surface area contributed by atoms with E-state index in [9.17, 15) is 32.4 Å². The molecule has 0 bridgehead atoms. The van der Waals surface area contributed by atoms with Crippen molar-refractivity contribution >= 4 is 23.5 Å². The highest BCUT2D eigenvalue weighted by molar-refractivity contribution is 6.02. The first-order valence-electron chi connectivity index (χ1n) is 13.3. The number of carbonyl (C=O) groups excluding carboxylic acids is 2. The second-order valence-corrected chi connectivity index (χ2v) is 9.54. The molecule has 1 aliphatic rings. The van der Waals surface area contributed by atoms with Crippen LogP contribution in [0.3, 0.4) is 0 Å². The van der Waals surface area contributed by atoms with E-state index in [0.717, 1.165) is 17.2 Å². The van der Waals surface area contributed by atoms with Crippen molar-refractivity contribution in [3.8, 4) is 17.2 Å². The van der Waals surface area contributed by atoms with Crippen LogP contribution >= 0.6 is 0 Å². The van der Waals surface area contributed by atoms with Crippen LogP contribution in [0.15, 0.2) is 66.7 Å². The minimum Gasteiger partial charge on any atom is -0.450 e. The summed E-state index contributed by atoms with van der Waals surface area (Å²) in [5, 5.41) is 11.7. The number of nitrogens with one attached hydrogen (secondary N) is 1.